The lowest BCUT2D eigenvalue weighted by atomic mass is 10.1. The Balaban J connectivity index is 1.63. The maximum Gasteiger partial charge on any atom is 0.333 e. The smallest absolute Gasteiger partial charge is 0.333 e. The second-order valence-electron chi connectivity index (χ2n) is 10.0. The van der Waals surface area contributed by atoms with Crippen LogP contribution in [0.15, 0.2) is 54.6 Å². The highest BCUT2D eigenvalue weighted by atomic mass is 35.5. The second kappa shape index (κ2) is 15.7. The zero-order chi connectivity index (χ0) is 29.9. The number of carboxylic acids is 1. The van der Waals surface area contributed by atoms with Gasteiger partial charge in [-0.05, 0) is 105 Å². The van der Waals surface area contributed by atoms with Gasteiger partial charge in [-0.1, -0.05) is 41.4 Å². The van der Waals surface area contributed by atoms with E-state index in [-0.39, 0.29) is 12.5 Å². The van der Waals surface area contributed by atoms with Crippen LogP contribution in [0, 0.1) is 20.8 Å². The van der Waals surface area contributed by atoms with E-state index < -0.39 is 12.1 Å². The molecular formula is C32H38Cl2N2O5. The van der Waals surface area contributed by atoms with Gasteiger partial charge in [0, 0.05) is 35.3 Å². The fourth-order valence-electron chi connectivity index (χ4n) is 4.46. The summed E-state index contributed by atoms with van der Waals surface area (Å²) in [5.41, 5.74) is 5.92. The molecule has 41 heavy (non-hydrogen) atoms. The molecule has 0 saturated carbocycles. The number of aliphatic carboxylic acids is 1. The molecule has 0 spiro atoms. The number of benzene rings is 3. The number of carbonyl (C=O) groups excluding carboxylic acids is 1. The fraction of sp³-hybridized carbons (Fsp3) is 0.375. The van der Waals surface area contributed by atoms with Gasteiger partial charge in [0.1, 0.15) is 12.4 Å². The number of nitrogens with one attached hydrogen (secondary N) is 1. The molecule has 9 heteroatoms. The molecule has 220 valence electrons. The molecule has 0 fully saturated rings. The zero-order valence-corrected chi connectivity index (χ0v) is 25.5. The van der Waals surface area contributed by atoms with Gasteiger partial charge in [-0.3, -0.25) is 0 Å². The fourth-order valence-corrected chi connectivity index (χ4v) is 5.03. The molecule has 0 aliphatic carbocycles. The third-order valence-corrected chi connectivity index (χ3v) is 7.24. The van der Waals surface area contributed by atoms with Crippen molar-refractivity contribution >= 4 is 40.9 Å². The van der Waals surface area contributed by atoms with Crippen molar-refractivity contribution in [3.8, 4) is 5.75 Å². The van der Waals surface area contributed by atoms with Gasteiger partial charge in [0.25, 0.3) is 0 Å². The first-order chi connectivity index (χ1) is 19.5. The Morgan fingerprint density at radius 3 is 2.20 bits per heavy atom. The third-order valence-electron chi connectivity index (χ3n) is 6.80. The number of halogens is 2. The molecule has 7 nitrogen and oxygen atoms in total. The van der Waals surface area contributed by atoms with Crippen molar-refractivity contribution in [1.82, 2.24) is 4.90 Å². The summed E-state index contributed by atoms with van der Waals surface area (Å²) in [6, 6.07) is 16.6. The summed E-state index contributed by atoms with van der Waals surface area (Å²) < 4.78 is 11.2. The number of aryl methyl sites for hydroxylation is 4. The molecule has 0 aliphatic rings. The van der Waals surface area contributed by atoms with E-state index in [1.807, 2.05) is 44.2 Å². The average Bonchev–Trinajstić information content (AvgIpc) is 2.91. The van der Waals surface area contributed by atoms with Crippen molar-refractivity contribution < 1.29 is 24.2 Å². The Morgan fingerprint density at radius 2 is 1.56 bits per heavy atom. The molecule has 0 bridgehead atoms. The number of anilines is 1. The summed E-state index contributed by atoms with van der Waals surface area (Å²) >= 11 is 12.3. The van der Waals surface area contributed by atoms with Gasteiger partial charge in [0.15, 0.2) is 6.10 Å². The molecule has 3 rings (SSSR count). The Kier molecular flexibility index (Phi) is 12.3. The van der Waals surface area contributed by atoms with E-state index in [9.17, 15) is 14.7 Å². The molecule has 2 N–H and O–H groups in total. The van der Waals surface area contributed by atoms with E-state index in [4.69, 9.17) is 32.7 Å². The highest BCUT2D eigenvalue weighted by Gasteiger charge is 2.18. The molecular weight excluding hydrogens is 563 g/mol. The van der Waals surface area contributed by atoms with Gasteiger partial charge >= 0.3 is 12.0 Å². The third kappa shape index (κ3) is 10.3. The van der Waals surface area contributed by atoms with Crippen molar-refractivity contribution in [3.63, 3.8) is 0 Å². The van der Waals surface area contributed by atoms with Crippen LogP contribution in [0.2, 0.25) is 10.0 Å². The van der Waals surface area contributed by atoms with Crippen LogP contribution in [0.25, 0.3) is 0 Å². The first-order valence-electron chi connectivity index (χ1n) is 13.7. The number of rotatable bonds is 14. The molecule has 1 unspecified atom stereocenters. The molecule has 0 saturated heterocycles. The van der Waals surface area contributed by atoms with Crippen molar-refractivity contribution in [1.29, 1.82) is 0 Å². The molecule has 2 amide bonds. The van der Waals surface area contributed by atoms with Crippen LogP contribution in [0.1, 0.15) is 41.2 Å². The summed E-state index contributed by atoms with van der Waals surface area (Å²) in [5, 5.41) is 13.6. The molecule has 0 heterocycles. The lowest BCUT2D eigenvalue weighted by Gasteiger charge is -2.24. The van der Waals surface area contributed by atoms with Gasteiger partial charge in [0.05, 0.1) is 6.54 Å². The monoisotopic (exact) mass is 600 g/mol. The van der Waals surface area contributed by atoms with E-state index in [0.29, 0.717) is 48.5 Å². The summed E-state index contributed by atoms with van der Waals surface area (Å²) in [6.45, 7) is 9.33. The quantitative estimate of drug-likeness (QED) is 0.200. The zero-order valence-electron chi connectivity index (χ0n) is 24.0. The minimum atomic E-state index is -0.986. The Labute approximate surface area is 252 Å². The normalized spacial score (nSPS) is 11.7. The topological polar surface area (TPSA) is 88.1 Å². The first kappa shape index (κ1) is 32.3. The number of amides is 2. The van der Waals surface area contributed by atoms with Crippen molar-refractivity contribution in [2.24, 2.45) is 0 Å². The van der Waals surface area contributed by atoms with Crippen molar-refractivity contribution in [3.05, 3.63) is 92.5 Å². The lowest BCUT2D eigenvalue weighted by Crippen LogP contribution is -2.39. The summed E-state index contributed by atoms with van der Waals surface area (Å²) in [6.07, 6.45) is 0.819. The second-order valence-corrected chi connectivity index (χ2v) is 10.9. The number of carboxylic acid groups (broad SMARTS) is 1. The Bertz CT molecular complexity index is 1310. The SMILES string of the molecule is CCOC(Cc1ccc(OCCN(CCCc2cc(Cl)cc(Cl)c2)C(=O)Nc2cc(C)c(C)cc2C)cc1)C(=O)O. The Hall–Kier alpha value is -3.26. The predicted molar refractivity (Wildman–Crippen MR) is 165 cm³/mol. The number of nitrogens with zero attached hydrogens (tertiary/aromatic N) is 1. The number of hydrogen-bond donors (Lipinski definition) is 2. The van der Waals surface area contributed by atoms with Gasteiger partial charge < -0.3 is 24.8 Å². The summed E-state index contributed by atoms with van der Waals surface area (Å²) in [4.78, 5) is 26.5. The van der Waals surface area contributed by atoms with E-state index >= 15 is 0 Å². The number of carbonyl (C=O) groups is 2. The highest BCUT2D eigenvalue weighted by Crippen LogP contribution is 2.22. The van der Waals surface area contributed by atoms with Gasteiger partial charge in [-0.15, -0.1) is 0 Å². The standard InChI is InChI=1S/C32H38Cl2N2O5/c1-5-40-30(31(37)38)19-24-8-10-28(11-9-24)41-14-13-36(12-6-7-25-17-26(33)20-27(34)18-25)32(39)35-29-16-22(3)21(2)15-23(29)4/h8-11,15-18,20,30H,5-7,12-14,19H2,1-4H3,(H,35,39)(H,37,38). The van der Waals surface area contributed by atoms with Crippen LogP contribution >= 0.6 is 23.2 Å². The maximum absolute atomic E-state index is 13.4. The average molecular weight is 602 g/mol. The molecule has 1 atom stereocenters. The molecule has 0 radical (unpaired) electrons. The molecule has 0 aliphatic heterocycles. The number of hydrogen-bond acceptors (Lipinski definition) is 4. The molecule has 3 aromatic rings. The van der Waals surface area contributed by atoms with Gasteiger partial charge in [-0.25, -0.2) is 9.59 Å². The van der Waals surface area contributed by atoms with E-state index in [1.165, 1.54) is 5.56 Å². The predicted octanol–water partition coefficient (Wildman–Crippen LogP) is 7.50. The minimum absolute atomic E-state index is 0.199. The largest absolute Gasteiger partial charge is 0.492 e. The Morgan fingerprint density at radius 1 is 0.902 bits per heavy atom. The van der Waals surface area contributed by atoms with Gasteiger partial charge in [0.2, 0.25) is 0 Å². The van der Waals surface area contributed by atoms with E-state index in [0.717, 1.165) is 34.4 Å². The summed E-state index contributed by atoms with van der Waals surface area (Å²) in [7, 11) is 0. The van der Waals surface area contributed by atoms with Crippen LogP contribution in [0.4, 0.5) is 10.5 Å². The first-order valence-corrected chi connectivity index (χ1v) is 14.5. The number of ether oxygens (including phenoxy) is 2. The highest BCUT2D eigenvalue weighted by molar-refractivity contribution is 6.34. The van der Waals surface area contributed by atoms with Crippen molar-refractivity contribution in [2.45, 2.75) is 53.1 Å². The van der Waals surface area contributed by atoms with Crippen LogP contribution in [0.5, 0.6) is 5.75 Å². The van der Waals surface area contributed by atoms with Crippen molar-refractivity contribution in [2.75, 3.05) is 31.6 Å². The van der Waals surface area contributed by atoms with Crippen LogP contribution in [-0.4, -0.2) is 54.4 Å². The number of urea groups is 1. The summed E-state index contributed by atoms with van der Waals surface area (Å²) in [5.74, 6) is -0.351. The van der Waals surface area contributed by atoms with E-state index in [2.05, 4.69) is 18.3 Å². The van der Waals surface area contributed by atoms with Crippen LogP contribution < -0.4 is 10.1 Å². The van der Waals surface area contributed by atoms with E-state index in [1.54, 1.807) is 30.0 Å². The minimum Gasteiger partial charge on any atom is -0.492 e. The van der Waals surface area contributed by atoms with Crippen LogP contribution in [-0.2, 0) is 22.4 Å². The molecule has 0 aromatic heterocycles. The lowest BCUT2D eigenvalue weighted by molar-refractivity contribution is -0.149. The van der Waals surface area contributed by atoms with Gasteiger partial charge in [-0.2, -0.15) is 0 Å². The molecule has 3 aromatic carbocycles. The maximum atomic E-state index is 13.4. The van der Waals surface area contributed by atoms with Crippen LogP contribution in [0.3, 0.4) is 0 Å².